The highest BCUT2D eigenvalue weighted by atomic mass is 16.1. The first-order valence-corrected chi connectivity index (χ1v) is 6.26. The number of hydrogen-bond donors (Lipinski definition) is 0. The number of Topliss-reactive ketones (excluding diaryl/α,β-unsaturated/α-hetero) is 2. The number of rotatable bonds is 4. The minimum Gasteiger partial charge on any atom is -0.294 e. The van der Waals surface area contributed by atoms with E-state index in [2.05, 4.69) is 0 Å². The Kier molecular flexibility index (Phi) is 3.91. The summed E-state index contributed by atoms with van der Waals surface area (Å²) in [5.41, 5.74) is 3.16. The van der Waals surface area contributed by atoms with Crippen molar-refractivity contribution in [3.8, 4) is 0 Å². The molecular formula is C17H16O2. The predicted molar refractivity (Wildman–Crippen MR) is 75.6 cm³/mol. The SMILES string of the molecule is Cc1cccc(C(=O)CC(=O)c2ccccc2C)c1. The fourth-order valence-corrected chi connectivity index (χ4v) is 2.05. The summed E-state index contributed by atoms with van der Waals surface area (Å²) < 4.78 is 0. The summed E-state index contributed by atoms with van der Waals surface area (Å²) in [5, 5.41) is 0. The number of benzene rings is 2. The highest BCUT2D eigenvalue weighted by molar-refractivity contribution is 6.14. The van der Waals surface area contributed by atoms with Crippen LogP contribution in [0.25, 0.3) is 0 Å². The van der Waals surface area contributed by atoms with Gasteiger partial charge in [0, 0.05) is 11.1 Å². The molecule has 96 valence electrons. The monoisotopic (exact) mass is 252 g/mol. The van der Waals surface area contributed by atoms with Gasteiger partial charge in [0.25, 0.3) is 0 Å². The van der Waals surface area contributed by atoms with Crippen molar-refractivity contribution in [1.82, 2.24) is 0 Å². The molecule has 0 fully saturated rings. The molecular weight excluding hydrogens is 236 g/mol. The number of carbonyl (C=O) groups excluding carboxylic acids is 2. The van der Waals surface area contributed by atoms with E-state index >= 15 is 0 Å². The van der Waals surface area contributed by atoms with E-state index < -0.39 is 0 Å². The summed E-state index contributed by atoms with van der Waals surface area (Å²) in [6, 6.07) is 14.7. The van der Waals surface area contributed by atoms with Crippen molar-refractivity contribution in [2.24, 2.45) is 0 Å². The molecule has 0 aliphatic carbocycles. The van der Waals surface area contributed by atoms with Crippen LogP contribution >= 0.6 is 0 Å². The summed E-state index contributed by atoms with van der Waals surface area (Å²) >= 11 is 0. The Morgan fingerprint density at radius 3 is 2.32 bits per heavy atom. The molecule has 0 atom stereocenters. The van der Waals surface area contributed by atoms with Gasteiger partial charge in [-0.2, -0.15) is 0 Å². The number of hydrogen-bond acceptors (Lipinski definition) is 2. The normalized spacial score (nSPS) is 10.2. The van der Waals surface area contributed by atoms with Crippen molar-refractivity contribution in [3.05, 3.63) is 70.8 Å². The molecule has 2 heteroatoms. The van der Waals surface area contributed by atoms with E-state index in [0.29, 0.717) is 11.1 Å². The first kappa shape index (κ1) is 13.2. The predicted octanol–water partition coefficient (Wildman–Crippen LogP) is 3.76. The average Bonchev–Trinajstić information content (AvgIpc) is 2.39. The molecule has 0 aliphatic heterocycles. The second kappa shape index (κ2) is 5.61. The summed E-state index contributed by atoms with van der Waals surface area (Å²) in [6.45, 7) is 3.81. The van der Waals surface area contributed by atoms with Crippen LogP contribution in [0, 0.1) is 13.8 Å². The number of ketones is 2. The lowest BCUT2D eigenvalue weighted by atomic mass is 9.98. The molecule has 0 bridgehead atoms. The Morgan fingerprint density at radius 1 is 0.895 bits per heavy atom. The minimum atomic E-state index is -0.128. The van der Waals surface area contributed by atoms with Gasteiger partial charge < -0.3 is 0 Å². The fourth-order valence-electron chi connectivity index (χ4n) is 2.05. The van der Waals surface area contributed by atoms with E-state index in [1.54, 1.807) is 12.1 Å². The largest absolute Gasteiger partial charge is 0.294 e. The van der Waals surface area contributed by atoms with E-state index in [4.69, 9.17) is 0 Å². The summed E-state index contributed by atoms with van der Waals surface area (Å²) in [4.78, 5) is 24.2. The van der Waals surface area contributed by atoms with Crippen molar-refractivity contribution in [1.29, 1.82) is 0 Å². The van der Waals surface area contributed by atoms with Crippen LogP contribution in [0.15, 0.2) is 48.5 Å². The lowest BCUT2D eigenvalue weighted by Gasteiger charge is -2.05. The van der Waals surface area contributed by atoms with Gasteiger partial charge in [0.1, 0.15) is 0 Å². The highest BCUT2D eigenvalue weighted by Gasteiger charge is 2.14. The van der Waals surface area contributed by atoms with E-state index in [1.165, 1.54) is 0 Å². The summed E-state index contributed by atoms with van der Waals surface area (Å²) in [5.74, 6) is -0.249. The van der Waals surface area contributed by atoms with Crippen LogP contribution in [-0.4, -0.2) is 11.6 Å². The van der Waals surface area contributed by atoms with Gasteiger partial charge >= 0.3 is 0 Å². The van der Waals surface area contributed by atoms with Gasteiger partial charge in [-0.05, 0) is 25.5 Å². The second-order valence-corrected chi connectivity index (χ2v) is 4.71. The van der Waals surface area contributed by atoms with Gasteiger partial charge in [-0.25, -0.2) is 0 Å². The van der Waals surface area contributed by atoms with Gasteiger partial charge in [0.2, 0.25) is 0 Å². The molecule has 0 unspecified atom stereocenters. The van der Waals surface area contributed by atoms with Crippen molar-refractivity contribution in [2.45, 2.75) is 20.3 Å². The Bertz CT molecular complexity index is 627. The minimum absolute atomic E-state index is 0.0751. The van der Waals surface area contributed by atoms with E-state index in [1.807, 2.05) is 50.2 Å². The Balaban J connectivity index is 2.16. The first-order valence-electron chi connectivity index (χ1n) is 6.26. The maximum absolute atomic E-state index is 12.1. The molecule has 0 heterocycles. The molecule has 0 saturated heterocycles. The zero-order chi connectivity index (χ0) is 13.8. The second-order valence-electron chi connectivity index (χ2n) is 4.71. The molecule has 0 spiro atoms. The van der Waals surface area contributed by atoms with Crippen LogP contribution in [0.1, 0.15) is 38.3 Å². The Hall–Kier alpha value is -2.22. The molecule has 2 nitrogen and oxygen atoms in total. The van der Waals surface area contributed by atoms with Crippen LogP contribution in [0.4, 0.5) is 0 Å². The van der Waals surface area contributed by atoms with Crippen LogP contribution in [-0.2, 0) is 0 Å². The maximum atomic E-state index is 12.1. The molecule has 0 saturated carbocycles. The molecule has 0 radical (unpaired) electrons. The van der Waals surface area contributed by atoms with E-state index in [-0.39, 0.29) is 18.0 Å². The lowest BCUT2D eigenvalue weighted by molar-refractivity contribution is 0.0894. The van der Waals surface area contributed by atoms with Gasteiger partial charge in [-0.1, -0.05) is 48.0 Å². The average molecular weight is 252 g/mol. The third kappa shape index (κ3) is 3.16. The fraction of sp³-hybridized carbons (Fsp3) is 0.176. The zero-order valence-electron chi connectivity index (χ0n) is 11.1. The molecule has 2 rings (SSSR count). The van der Waals surface area contributed by atoms with E-state index in [0.717, 1.165) is 11.1 Å². The number of carbonyl (C=O) groups is 2. The standard InChI is InChI=1S/C17H16O2/c1-12-6-5-8-14(10-12)16(18)11-17(19)15-9-4-3-7-13(15)2/h3-10H,11H2,1-2H3. The molecule has 2 aromatic rings. The molecule has 0 amide bonds. The third-order valence-electron chi connectivity index (χ3n) is 3.11. The van der Waals surface area contributed by atoms with E-state index in [9.17, 15) is 9.59 Å². The Labute approximate surface area is 113 Å². The van der Waals surface area contributed by atoms with Crippen molar-refractivity contribution < 1.29 is 9.59 Å². The first-order chi connectivity index (χ1) is 9.08. The topological polar surface area (TPSA) is 34.1 Å². The zero-order valence-corrected chi connectivity index (χ0v) is 11.1. The quantitative estimate of drug-likeness (QED) is 0.613. The molecule has 0 N–H and O–H groups in total. The maximum Gasteiger partial charge on any atom is 0.170 e. The number of aryl methyl sites for hydroxylation is 2. The lowest BCUT2D eigenvalue weighted by Crippen LogP contribution is -2.09. The van der Waals surface area contributed by atoms with Crippen LogP contribution < -0.4 is 0 Å². The van der Waals surface area contributed by atoms with Crippen LogP contribution in [0.3, 0.4) is 0 Å². The molecule has 0 aliphatic rings. The van der Waals surface area contributed by atoms with Crippen molar-refractivity contribution in [3.63, 3.8) is 0 Å². The summed E-state index contributed by atoms with van der Waals surface area (Å²) in [7, 11) is 0. The molecule has 19 heavy (non-hydrogen) atoms. The third-order valence-corrected chi connectivity index (χ3v) is 3.11. The van der Waals surface area contributed by atoms with Gasteiger partial charge in [-0.3, -0.25) is 9.59 Å². The van der Waals surface area contributed by atoms with Crippen molar-refractivity contribution in [2.75, 3.05) is 0 Å². The molecule has 2 aromatic carbocycles. The summed E-state index contributed by atoms with van der Waals surface area (Å²) in [6.07, 6.45) is -0.0751. The molecule has 0 aromatic heterocycles. The highest BCUT2D eigenvalue weighted by Crippen LogP contribution is 2.13. The van der Waals surface area contributed by atoms with Crippen molar-refractivity contribution >= 4 is 11.6 Å². The van der Waals surface area contributed by atoms with Crippen LogP contribution in [0.5, 0.6) is 0 Å². The smallest absolute Gasteiger partial charge is 0.170 e. The van der Waals surface area contributed by atoms with Gasteiger partial charge in [0.15, 0.2) is 11.6 Å². The van der Waals surface area contributed by atoms with Gasteiger partial charge in [-0.15, -0.1) is 0 Å². The van der Waals surface area contributed by atoms with Crippen LogP contribution in [0.2, 0.25) is 0 Å². The van der Waals surface area contributed by atoms with Gasteiger partial charge in [0.05, 0.1) is 6.42 Å². The Morgan fingerprint density at radius 2 is 1.63 bits per heavy atom.